The van der Waals surface area contributed by atoms with E-state index in [1.54, 1.807) is 0 Å². The van der Waals surface area contributed by atoms with Gasteiger partial charge in [-0.3, -0.25) is 0 Å². The zero-order valence-electron chi connectivity index (χ0n) is 13.7. The molecule has 26 heavy (non-hydrogen) atoms. The van der Waals surface area contributed by atoms with Crippen molar-refractivity contribution in [3.8, 4) is 0 Å². The van der Waals surface area contributed by atoms with Gasteiger partial charge >= 0.3 is 0 Å². The van der Waals surface area contributed by atoms with E-state index in [4.69, 9.17) is 9.47 Å². The first-order valence-corrected chi connectivity index (χ1v) is 8.22. The van der Waals surface area contributed by atoms with Gasteiger partial charge in [-0.2, -0.15) is 0 Å². The van der Waals surface area contributed by atoms with Gasteiger partial charge in [0.05, 0.1) is 31.6 Å². The fourth-order valence-corrected chi connectivity index (χ4v) is 3.16. The lowest BCUT2D eigenvalue weighted by atomic mass is 9.94. The van der Waals surface area contributed by atoms with Gasteiger partial charge < -0.3 is 45.2 Å². The molecule has 0 aliphatic carbocycles. The molecule has 0 amide bonds. The first-order chi connectivity index (χ1) is 12.4. The predicted octanol–water partition coefficient (Wildman–Crippen LogP) is -4.21. The minimum Gasteiger partial charge on any atom is -0.394 e. The summed E-state index contributed by atoms with van der Waals surface area (Å²) in [6.45, 7) is -0.932. The van der Waals surface area contributed by atoms with Crippen molar-refractivity contribution in [2.45, 2.75) is 61.5 Å². The van der Waals surface area contributed by atoms with Gasteiger partial charge in [-0.15, -0.1) is 5.10 Å². The van der Waals surface area contributed by atoms with Crippen LogP contribution in [-0.2, 0) is 9.47 Å². The number of hydrogen-bond donors (Lipinski definition) is 7. The topological polar surface area (TPSA) is 191 Å². The van der Waals surface area contributed by atoms with E-state index in [-0.39, 0.29) is 18.7 Å². The highest BCUT2D eigenvalue weighted by atomic mass is 16.6. The Bertz CT molecular complexity index is 600. The zero-order valence-corrected chi connectivity index (χ0v) is 13.7. The molecule has 3 rings (SSSR count). The lowest BCUT2D eigenvalue weighted by Crippen LogP contribution is -2.55. The van der Waals surface area contributed by atoms with Gasteiger partial charge in [0.1, 0.15) is 42.3 Å². The molecule has 0 spiro atoms. The van der Waals surface area contributed by atoms with Gasteiger partial charge in [0.2, 0.25) is 0 Å². The van der Waals surface area contributed by atoms with E-state index in [9.17, 15) is 35.7 Å². The highest BCUT2D eigenvalue weighted by molar-refractivity contribution is 5.07. The van der Waals surface area contributed by atoms with E-state index in [0.29, 0.717) is 0 Å². The first kappa shape index (κ1) is 19.5. The zero-order chi connectivity index (χ0) is 19.0. The summed E-state index contributed by atoms with van der Waals surface area (Å²) in [5.41, 5.74) is 0.0679. The van der Waals surface area contributed by atoms with Gasteiger partial charge in [-0.1, -0.05) is 5.21 Å². The molecular formula is C14H23N3O9. The SMILES string of the molecule is OCC1CC(O)C(O)C(n2cc(C3OC(CO)C(O)C(O)C3O)nn2)O1. The van der Waals surface area contributed by atoms with Crippen LogP contribution in [0, 0.1) is 0 Å². The molecule has 148 valence electrons. The molecule has 0 bridgehead atoms. The van der Waals surface area contributed by atoms with Crippen LogP contribution in [0.5, 0.6) is 0 Å². The maximum absolute atomic E-state index is 10.1. The Morgan fingerprint density at radius 1 is 0.962 bits per heavy atom. The number of rotatable bonds is 4. The summed E-state index contributed by atoms with van der Waals surface area (Å²) in [6, 6.07) is 0. The Balaban J connectivity index is 1.80. The molecule has 7 N–H and O–H groups in total. The summed E-state index contributed by atoms with van der Waals surface area (Å²) in [5, 5.41) is 75.8. The van der Waals surface area contributed by atoms with E-state index < -0.39 is 61.7 Å². The Kier molecular flexibility index (Phi) is 5.86. The van der Waals surface area contributed by atoms with Crippen molar-refractivity contribution in [1.82, 2.24) is 15.0 Å². The summed E-state index contributed by atoms with van der Waals surface area (Å²) in [4.78, 5) is 0. The van der Waals surface area contributed by atoms with Crippen molar-refractivity contribution in [3.05, 3.63) is 11.9 Å². The van der Waals surface area contributed by atoms with Gasteiger partial charge in [-0.25, -0.2) is 4.68 Å². The third-order valence-electron chi connectivity index (χ3n) is 4.70. The number of aliphatic hydroxyl groups excluding tert-OH is 7. The molecule has 0 aromatic carbocycles. The molecule has 2 aliphatic rings. The third kappa shape index (κ3) is 3.47. The van der Waals surface area contributed by atoms with E-state index in [2.05, 4.69) is 10.3 Å². The third-order valence-corrected chi connectivity index (χ3v) is 4.70. The maximum Gasteiger partial charge on any atom is 0.180 e. The number of hydrogen-bond acceptors (Lipinski definition) is 11. The summed E-state index contributed by atoms with van der Waals surface area (Å²) in [5.74, 6) is 0. The molecule has 2 saturated heterocycles. The minimum atomic E-state index is -1.56. The van der Waals surface area contributed by atoms with Crippen LogP contribution in [0.15, 0.2) is 6.20 Å². The molecule has 2 aliphatic heterocycles. The molecule has 0 saturated carbocycles. The standard InChI is InChI=1S/C14H23N3O9/c18-3-5-1-7(20)9(21)14(25-5)17-2-6(15-16-17)13-12(24)11(23)10(22)8(4-19)26-13/h2,5,7-14,18-24H,1,3-4H2. The Hall–Kier alpha value is -1.22. The Labute approximate surface area is 147 Å². The lowest BCUT2D eigenvalue weighted by molar-refractivity contribution is -0.232. The van der Waals surface area contributed by atoms with Crippen LogP contribution in [0.3, 0.4) is 0 Å². The van der Waals surface area contributed by atoms with Crippen LogP contribution in [0.4, 0.5) is 0 Å². The maximum atomic E-state index is 10.1. The van der Waals surface area contributed by atoms with E-state index >= 15 is 0 Å². The van der Waals surface area contributed by atoms with Crippen molar-refractivity contribution in [2.75, 3.05) is 13.2 Å². The van der Waals surface area contributed by atoms with Gasteiger partial charge in [-0.05, 0) is 0 Å². The number of ether oxygens (including phenoxy) is 2. The van der Waals surface area contributed by atoms with Crippen molar-refractivity contribution in [2.24, 2.45) is 0 Å². The van der Waals surface area contributed by atoms with Gasteiger partial charge in [0.25, 0.3) is 0 Å². The normalized spacial score (nSPS) is 44.2. The van der Waals surface area contributed by atoms with Gasteiger partial charge in [0, 0.05) is 6.42 Å². The quantitative estimate of drug-likeness (QED) is 0.269. The summed E-state index contributed by atoms with van der Waals surface area (Å²) < 4.78 is 12.0. The molecule has 12 heteroatoms. The fraction of sp³-hybridized carbons (Fsp3) is 0.857. The molecular weight excluding hydrogens is 354 g/mol. The van der Waals surface area contributed by atoms with E-state index in [1.807, 2.05) is 0 Å². The Morgan fingerprint density at radius 3 is 2.35 bits per heavy atom. The lowest BCUT2D eigenvalue weighted by Gasteiger charge is -2.39. The average molecular weight is 377 g/mol. The molecule has 9 unspecified atom stereocenters. The van der Waals surface area contributed by atoms with Crippen LogP contribution in [0.1, 0.15) is 24.4 Å². The van der Waals surface area contributed by atoms with Crippen LogP contribution >= 0.6 is 0 Å². The monoisotopic (exact) mass is 377 g/mol. The molecule has 1 aromatic heterocycles. The molecule has 12 nitrogen and oxygen atoms in total. The number of aliphatic hydroxyl groups is 7. The smallest absolute Gasteiger partial charge is 0.180 e. The molecule has 1 aromatic rings. The Morgan fingerprint density at radius 2 is 1.69 bits per heavy atom. The largest absolute Gasteiger partial charge is 0.394 e. The number of nitrogens with zero attached hydrogens (tertiary/aromatic N) is 3. The highest BCUT2D eigenvalue weighted by Crippen LogP contribution is 2.33. The van der Waals surface area contributed by atoms with Crippen molar-refractivity contribution < 1.29 is 45.2 Å². The highest BCUT2D eigenvalue weighted by Gasteiger charge is 2.45. The number of aromatic nitrogens is 3. The fourth-order valence-electron chi connectivity index (χ4n) is 3.16. The predicted molar refractivity (Wildman–Crippen MR) is 80.4 cm³/mol. The summed E-state index contributed by atoms with van der Waals surface area (Å²) >= 11 is 0. The first-order valence-electron chi connectivity index (χ1n) is 8.22. The summed E-state index contributed by atoms with van der Waals surface area (Å²) in [6.07, 6.45) is -9.79. The minimum absolute atomic E-state index is 0.0580. The van der Waals surface area contributed by atoms with Gasteiger partial charge in [0.15, 0.2) is 6.23 Å². The van der Waals surface area contributed by atoms with E-state index in [0.717, 1.165) is 4.68 Å². The summed E-state index contributed by atoms with van der Waals surface area (Å²) in [7, 11) is 0. The second-order valence-electron chi connectivity index (χ2n) is 6.50. The van der Waals surface area contributed by atoms with Crippen molar-refractivity contribution >= 4 is 0 Å². The molecule has 2 fully saturated rings. The van der Waals surface area contributed by atoms with Crippen LogP contribution < -0.4 is 0 Å². The van der Waals surface area contributed by atoms with Crippen LogP contribution in [0.25, 0.3) is 0 Å². The van der Waals surface area contributed by atoms with Crippen molar-refractivity contribution in [3.63, 3.8) is 0 Å². The average Bonchev–Trinajstić information content (AvgIpc) is 3.11. The van der Waals surface area contributed by atoms with Crippen LogP contribution in [-0.4, -0.2) is 107 Å². The van der Waals surface area contributed by atoms with Crippen LogP contribution in [0.2, 0.25) is 0 Å². The van der Waals surface area contributed by atoms with E-state index in [1.165, 1.54) is 6.20 Å². The second kappa shape index (κ2) is 7.80. The molecule has 9 atom stereocenters. The molecule has 0 radical (unpaired) electrons. The molecule has 3 heterocycles. The van der Waals surface area contributed by atoms with Crippen molar-refractivity contribution in [1.29, 1.82) is 0 Å². The second-order valence-corrected chi connectivity index (χ2v) is 6.50.